The number of rotatable bonds is 9. The van der Waals surface area contributed by atoms with Gasteiger partial charge in [0.2, 0.25) is 5.91 Å². The van der Waals surface area contributed by atoms with Gasteiger partial charge in [-0.1, -0.05) is 36.9 Å². The molecule has 3 aromatic rings. The van der Waals surface area contributed by atoms with Crippen LogP contribution in [0.2, 0.25) is 0 Å². The minimum atomic E-state index is -1.33. The Morgan fingerprint density at radius 1 is 1.13 bits per heavy atom. The molecule has 1 saturated heterocycles. The third kappa shape index (κ3) is 5.47. The molecule has 0 radical (unpaired) electrons. The number of phenolic OH excluding ortho intramolecular Hbond substituents is 1. The van der Waals surface area contributed by atoms with Gasteiger partial charge >= 0.3 is 6.09 Å². The highest BCUT2D eigenvalue weighted by molar-refractivity contribution is 6.19. The number of anilines is 2. The lowest BCUT2D eigenvalue weighted by molar-refractivity contribution is -0.118. The van der Waals surface area contributed by atoms with Crippen LogP contribution in [0.1, 0.15) is 47.5 Å². The summed E-state index contributed by atoms with van der Waals surface area (Å²) in [5, 5.41) is 23.6. The van der Waals surface area contributed by atoms with Gasteiger partial charge in [0.05, 0.1) is 36.7 Å². The molecule has 6 rings (SSSR count). The molecule has 3 atom stereocenters. The zero-order valence-electron chi connectivity index (χ0n) is 25.5. The SMILES string of the molecule is C=CCOC(=O)N1c2cc(OCCCC(=O)N3C[C@H](CCl)c4c3cc(O)c3ccccc43)c(OC)cc2C(=O)N2CCC[C@H]2C1O. The Bertz CT molecular complexity index is 1700. The van der Waals surface area contributed by atoms with E-state index in [-0.39, 0.29) is 65.9 Å². The van der Waals surface area contributed by atoms with Gasteiger partial charge in [-0.15, -0.1) is 11.6 Å². The van der Waals surface area contributed by atoms with Gasteiger partial charge in [0.15, 0.2) is 17.7 Å². The first kappa shape index (κ1) is 31.5. The number of amides is 3. The van der Waals surface area contributed by atoms with Crippen LogP contribution < -0.4 is 19.3 Å². The number of benzene rings is 3. The second-order valence-corrected chi connectivity index (χ2v) is 11.9. The second-order valence-electron chi connectivity index (χ2n) is 11.6. The van der Waals surface area contributed by atoms with Crippen molar-refractivity contribution in [1.29, 1.82) is 0 Å². The third-order valence-electron chi connectivity index (χ3n) is 8.89. The van der Waals surface area contributed by atoms with Gasteiger partial charge < -0.3 is 34.2 Å². The molecule has 12 heteroatoms. The third-order valence-corrected chi connectivity index (χ3v) is 9.26. The number of methoxy groups -OCH3 is 1. The van der Waals surface area contributed by atoms with E-state index in [1.165, 1.54) is 25.3 Å². The minimum absolute atomic E-state index is 0.0683. The van der Waals surface area contributed by atoms with Crippen LogP contribution in [0.25, 0.3) is 10.8 Å². The summed E-state index contributed by atoms with van der Waals surface area (Å²) in [4.78, 5) is 44.5. The molecule has 3 aliphatic rings. The molecule has 1 unspecified atom stereocenters. The number of alkyl halides is 1. The van der Waals surface area contributed by atoms with Crippen molar-refractivity contribution in [3.05, 3.63) is 66.2 Å². The van der Waals surface area contributed by atoms with Crippen LogP contribution in [0.3, 0.4) is 0 Å². The van der Waals surface area contributed by atoms with Gasteiger partial charge in [-0.3, -0.25) is 9.59 Å². The maximum atomic E-state index is 13.6. The molecule has 0 aromatic heterocycles. The van der Waals surface area contributed by atoms with E-state index in [2.05, 4.69) is 6.58 Å². The van der Waals surface area contributed by atoms with Gasteiger partial charge in [-0.25, -0.2) is 9.69 Å². The number of fused-ring (bicyclic) bond motifs is 5. The van der Waals surface area contributed by atoms with Crippen LogP contribution in [0.15, 0.2) is 55.1 Å². The molecule has 11 nitrogen and oxygen atoms in total. The summed E-state index contributed by atoms with van der Waals surface area (Å²) in [6.45, 7) is 4.49. The van der Waals surface area contributed by atoms with E-state index in [1.807, 2.05) is 24.3 Å². The maximum Gasteiger partial charge on any atom is 0.416 e. The molecular formula is C34H36ClN3O8. The summed E-state index contributed by atoms with van der Waals surface area (Å²) in [6.07, 6.45) is 0.993. The summed E-state index contributed by atoms with van der Waals surface area (Å²) < 4.78 is 16.9. The lowest BCUT2D eigenvalue weighted by atomic mass is 9.95. The Hall–Kier alpha value is -4.48. The van der Waals surface area contributed by atoms with Gasteiger partial charge in [-0.2, -0.15) is 0 Å². The monoisotopic (exact) mass is 649 g/mol. The Kier molecular flexibility index (Phi) is 8.97. The molecule has 3 amide bonds. The molecule has 0 spiro atoms. The van der Waals surface area contributed by atoms with E-state index < -0.39 is 18.4 Å². The number of phenols is 1. The molecule has 0 aliphatic carbocycles. The van der Waals surface area contributed by atoms with Gasteiger partial charge in [0.25, 0.3) is 5.91 Å². The number of aliphatic hydroxyl groups is 1. The summed E-state index contributed by atoms with van der Waals surface area (Å²) in [5.74, 6) is 0.417. The number of ether oxygens (including phenoxy) is 3. The van der Waals surface area contributed by atoms with Crippen molar-refractivity contribution in [2.24, 2.45) is 0 Å². The molecule has 0 bridgehead atoms. The quantitative estimate of drug-likeness (QED) is 0.185. The van der Waals surface area contributed by atoms with Crippen molar-refractivity contribution in [2.45, 2.75) is 43.9 Å². The molecule has 0 saturated carbocycles. The van der Waals surface area contributed by atoms with Crippen LogP contribution >= 0.6 is 11.6 Å². The number of aromatic hydroxyl groups is 1. The topological polar surface area (TPSA) is 129 Å². The van der Waals surface area contributed by atoms with Crippen molar-refractivity contribution < 1.29 is 38.8 Å². The highest BCUT2D eigenvalue weighted by atomic mass is 35.5. The normalized spacial score (nSPS) is 20.2. The van der Waals surface area contributed by atoms with E-state index in [9.17, 15) is 24.6 Å². The van der Waals surface area contributed by atoms with Crippen molar-refractivity contribution in [2.75, 3.05) is 49.1 Å². The number of nitrogens with zero attached hydrogens (tertiary/aromatic N) is 3. The fourth-order valence-electron chi connectivity index (χ4n) is 6.75. The predicted octanol–water partition coefficient (Wildman–Crippen LogP) is 5.15. The summed E-state index contributed by atoms with van der Waals surface area (Å²) >= 11 is 6.32. The molecule has 3 aromatic carbocycles. The number of carbonyl (C=O) groups is 3. The fraction of sp³-hybridized carbons (Fsp3) is 0.382. The zero-order chi connectivity index (χ0) is 32.5. The predicted molar refractivity (Wildman–Crippen MR) is 173 cm³/mol. The molecule has 1 fully saturated rings. The second kappa shape index (κ2) is 13.1. The van der Waals surface area contributed by atoms with Crippen LogP contribution in [0.5, 0.6) is 17.2 Å². The lowest BCUT2D eigenvalue weighted by Crippen LogP contribution is -2.50. The molecule has 3 heterocycles. The van der Waals surface area contributed by atoms with Crippen molar-refractivity contribution in [3.63, 3.8) is 0 Å². The number of hydrogen-bond donors (Lipinski definition) is 2. The number of hydrogen-bond acceptors (Lipinski definition) is 8. The highest BCUT2D eigenvalue weighted by Gasteiger charge is 2.45. The Balaban J connectivity index is 1.21. The molecule has 2 N–H and O–H groups in total. The smallest absolute Gasteiger partial charge is 0.416 e. The van der Waals surface area contributed by atoms with Gasteiger partial charge in [0, 0.05) is 48.8 Å². The van der Waals surface area contributed by atoms with E-state index in [1.54, 1.807) is 15.9 Å². The number of aliphatic hydroxyl groups excluding tert-OH is 1. The Morgan fingerprint density at radius 2 is 1.91 bits per heavy atom. The van der Waals surface area contributed by atoms with Crippen LogP contribution in [-0.2, 0) is 9.53 Å². The molecule has 46 heavy (non-hydrogen) atoms. The molecule has 242 valence electrons. The van der Waals surface area contributed by atoms with Crippen LogP contribution in [0.4, 0.5) is 16.2 Å². The summed E-state index contributed by atoms with van der Waals surface area (Å²) in [7, 11) is 1.44. The number of halogens is 1. The van der Waals surface area contributed by atoms with E-state index in [0.29, 0.717) is 43.9 Å². The average molecular weight is 650 g/mol. The lowest BCUT2D eigenvalue weighted by Gasteiger charge is -2.31. The fourth-order valence-corrected chi connectivity index (χ4v) is 7.00. The van der Waals surface area contributed by atoms with Crippen LogP contribution in [-0.4, -0.2) is 84.6 Å². The zero-order valence-corrected chi connectivity index (χ0v) is 26.2. The van der Waals surface area contributed by atoms with E-state index >= 15 is 0 Å². The van der Waals surface area contributed by atoms with E-state index in [4.69, 9.17) is 25.8 Å². The highest BCUT2D eigenvalue weighted by Crippen LogP contribution is 2.46. The largest absolute Gasteiger partial charge is 0.507 e. The minimum Gasteiger partial charge on any atom is -0.507 e. The van der Waals surface area contributed by atoms with E-state index in [0.717, 1.165) is 21.2 Å². The average Bonchev–Trinajstić information content (AvgIpc) is 3.69. The standard InChI is InChI=1S/C34H36ClN3O8/c1-3-13-46-34(43)38-25-17-29(28(44-2)15-23(25)32(41)36-12-6-10-24(36)33(38)42)45-14-7-11-30(40)37-19-20(18-35)31-22-9-5-4-8-21(22)27(39)16-26(31)37/h3-5,8-9,15-17,20,24,33,39,42H,1,6-7,10-14,18-19H2,2H3/t20-,24-,33?/m0/s1. The van der Waals surface area contributed by atoms with Crippen molar-refractivity contribution in [3.8, 4) is 17.2 Å². The van der Waals surface area contributed by atoms with Gasteiger partial charge in [0.1, 0.15) is 12.4 Å². The Labute approximate surface area is 271 Å². The van der Waals surface area contributed by atoms with Gasteiger partial charge in [-0.05, 0) is 36.3 Å². The first-order valence-electron chi connectivity index (χ1n) is 15.3. The van der Waals surface area contributed by atoms with Crippen molar-refractivity contribution in [1.82, 2.24) is 4.90 Å². The summed E-state index contributed by atoms with van der Waals surface area (Å²) in [6, 6.07) is 11.6. The first-order chi connectivity index (χ1) is 22.3. The first-order valence-corrected chi connectivity index (χ1v) is 15.8. The van der Waals surface area contributed by atoms with Crippen molar-refractivity contribution >= 4 is 51.7 Å². The molecule has 3 aliphatic heterocycles. The summed E-state index contributed by atoms with van der Waals surface area (Å²) in [5.41, 5.74) is 1.93. The molecular weight excluding hydrogens is 614 g/mol. The van der Waals surface area contributed by atoms with Crippen LogP contribution in [0, 0.1) is 0 Å². The maximum absolute atomic E-state index is 13.6. The number of carbonyl (C=O) groups excluding carboxylic acids is 3. The Morgan fingerprint density at radius 3 is 2.65 bits per heavy atom.